The minimum Gasteiger partial charge on any atom is -0.294 e. The van der Waals surface area contributed by atoms with Crippen molar-refractivity contribution in [2.24, 2.45) is 5.41 Å². The summed E-state index contributed by atoms with van der Waals surface area (Å²) in [5.41, 5.74) is 0.914. The van der Waals surface area contributed by atoms with E-state index < -0.39 is 0 Å². The van der Waals surface area contributed by atoms with E-state index in [1.54, 1.807) is 0 Å². The molecule has 1 heteroatoms. The van der Waals surface area contributed by atoms with Gasteiger partial charge in [-0.25, -0.2) is 0 Å². The van der Waals surface area contributed by atoms with E-state index in [1.165, 1.54) is 6.42 Å². The summed E-state index contributed by atoms with van der Waals surface area (Å²) in [5, 5.41) is 0. The first-order chi connectivity index (χ1) is 6.40. The molecule has 0 radical (unpaired) electrons. The van der Waals surface area contributed by atoms with Crippen molar-refractivity contribution in [2.75, 3.05) is 6.54 Å². The zero-order valence-corrected chi connectivity index (χ0v) is 12.4. The predicted molar refractivity (Wildman–Crippen MR) is 70.3 cm³/mol. The molecule has 0 atom stereocenters. The van der Waals surface area contributed by atoms with Crippen LogP contribution in [0, 0.1) is 5.41 Å². The van der Waals surface area contributed by atoms with Gasteiger partial charge in [-0.2, -0.15) is 0 Å². The van der Waals surface area contributed by atoms with Crippen LogP contribution in [0.5, 0.6) is 0 Å². The van der Waals surface area contributed by atoms with Crippen molar-refractivity contribution in [2.45, 2.75) is 79.8 Å². The average Bonchev–Trinajstić information content (AvgIpc) is 1.75. The minimum absolute atomic E-state index is 0.253. The first-order valence-electron chi connectivity index (χ1n) is 6.18. The van der Waals surface area contributed by atoms with Crippen LogP contribution in [0.25, 0.3) is 0 Å². The molecule has 1 nitrogen and oxygen atoms in total. The fraction of sp³-hybridized carbons (Fsp3) is 1.00. The quantitative estimate of drug-likeness (QED) is 0.675. The van der Waals surface area contributed by atoms with Crippen molar-refractivity contribution in [1.29, 1.82) is 0 Å². The second-order valence-corrected chi connectivity index (χ2v) is 7.46. The summed E-state index contributed by atoms with van der Waals surface area (Å²) in [6, 6.07) is 0. The molecule has 0 aromatic rings. The van der Waals surface area contributed by atoms with E-state index in [4.69, 9.17) is 0 Å². The average molecular weight is 213 g/mol. The standard InChI is InChI=1S/C14H31N/c1-10-15(13(5,6)7)14(8,9)11-12(2,3)4/h10-11H2,1-9H3. The summed E-state index contributed by atoms with van der Waals surface area (Å²) in [4.78, 5) is 2.60. The summed E-state index contributed by atoms with van der Waals surface area (Å²) >= 11 is 0. The van der Waals surface area contributed by atoms with Crippen LogP contribution in [0.4, 0.5) is 0 Å². The van der Waals surface area contributed by atoms with E-state index in [1.807, 2.05) is 0 Å². The molecule has 0 bridgehead atoms. The molecule has 0 fully saturated rings. The SMILES string of the molecule is CCN(C(C)(C)C)C(C)(C)CC(C)(C)C. The molecule has 92 valence electrons. The first kappa shape index (κ1) is 15.0. The molecule has 0 aromatic carbocycles. The van der Waals surface area contributed by atoms with Crippen molar-refractivity contribution in [3.63, 3.8) is 0 Å². The lowest BCUT2D eigenvalue weighted by atomic mass is 9.79. The summed E-state index contributed by atoms with van der Waals surface area (Å²) in [7, 11) is 0. The number of hydrogen-bond acceptors (Lipinski definition) is 1. The molecule has 0 heterocycles. The van der Waals surface area contributed by atoms with E-state index in [-0.39, 0.29) is 11.1 Å². The molecular formula is C14H31N. The van der Waals surface area contributed by atoms with E-state index in [0.29, 0.717) is 5.41 Å². The minimum atomic E-state index is 0.253. The van der Waals surface area contributed by atoms with Gasteiger partial charge in [0.15, 0.2) is 0 Å². The first-order valence-corrected chi connectivity index (χ1v) is 6.18. The van der Waals surface area contributed by atoms with Gasteiger partial charge in [0, 0.05) is 11.1 Å². The van der Waals surface area contributed by atoms with Crippen LogP contribution >= 0.6 is 0 Å². The largest absolute Gasteiger partial charge is 0.294 e. The third-order valence-electron chi connectivity index (χ3n) is 2.82. The van der Waals surface area contributed by atoms with Crippen molar-refractivity contribution < 1.29 is 0 Å². The Bertz CT molecular complexity index is 190. The molecular weight excluding hydrogens is 182 g/mol. The highest BCUT2D eigenvalue weighted by molar-refractivity contribution is 4.91. The van der Waals surface area contributed by atoms with Crippen molar-refractivity contribution in [3.8, 4) is 0 Å². The second-order valence-electron chi connectivity index (χ2n) is 7.46. The molecule has 0 spiro atoms. The monoisotopic (exact) mass is 213 g/mol. The Morgan fingerprint density at radius 3 is 1.40 bits per heavy atom. The highest BCUT2D eigenvalue weighted by atomic mass is 15.2. The van der Waals surface area contributed by atoms with Crippen molar-refractivity contribution >= 4 is 0 Å². The second kappa shape index (κ2) is 4.45. The van der Waals surface area contributed by atoms with Gasteiger partial charge in [-0.05, 0) is 53.0 Å². The van der Waals surface area contributed by atoms with Gasteiger partial charge in [0.25, 0.3) is 0 Å². The van der Waals surface area contributed by atoms with Crippen molar-refractivity contribution in [1.82, 2.24) is 4.90 Å². The predicted octanol–water partition coefficient (Wildman–Crippen LogP) is 4.32. The lowest BCUT2D eigenvalue weighted by molar-refractivity contribution is 0.00726. The molecule has 0 unspecified atom stereocenters. The normalized spacial score (nSPS) is 14.8. The van der Waals surface area contributed by atoms with E-state index in [0.717, 1.165) is 6.54 Å². The van der Waals surface area contributed by atoms with Gasteiger partial charge in [-0.15, -0.1) is 0 Å². The third kappa shape index (κ3) is 5.01. The maximum Gasteiger partial charge on any atom is 0.0163 e. The zero-order chi connectivity index (χ0) is 12.5. The van der Waals surface area contributed by atoms with Crippen molar-refractivity contribution in [3.05, 3.63) is 0 Å². The summed E-state index contributed by atoms with van der Waals surface area (Å²) < 4.78 is 0. The smallest absolute Gasteiger partial charge is 0.0163 e. The van der Waals surface area contributed by atoms with Gasteiger partial charge >= 0.3 is 0 Å². The lowest BCUT2D eigenvalue weighted by Crippen LogP contribution is -2.55. The van der Waals surface area contributed by atoms with E-state index >= 15 is 0 Å². The van der Waals surface area contributed by atoms with Gasteiger partial charge in [0.2, 0.25) is 0 Å². The fourth-order valence-electron chi connectivity index (χ4n) is 3.20. The summed E-state index contributed by atoms with van der Waals surface area (Å²) in [6.45, 7) is 22.0. The van der Waals surface area contributed by atoms with Gasteiger partial charge in [0.05, 0.1) is 0 Å². The number of hydrogen-bond donors (Lipinski definition) is 0. The van der Waals surface area contributed by atoms with Crippen LogP contribution in [0.1, 0.15) is 68.7 Å². The maximum absolute atomic E-state index is 2.60. The molecule has 0 aliphatic heterocycles. The Kier molecular flexibility index (Phi) is 4.44. The Balaban J connectivity index is 4.83. The molecule has 0 aliphatic carbocycles. The summed E-state index contributed by atoms with van der Waals surface area (Å²) in [5.74, 6) is 0. The Hall–Kier alpha value is -0.0400. The van der Waals surface area contributed by atoms with E-state index in [9.17, 15) is 0 Å². The maximum atomic E-state index is 2.60. The van der Waals surface area contributed by atoms with Crippen LogP contribution in [-0.4, -0.2) is 22.5 Å². The van der Waals surface area contributed by atoms with Gasteiger partial charge in [-0.1, -0.05) is 27.7 Å². The molecule has 0 aromatic heterocycles. The van der Waals surface area contributed by atoms with Crippen LogP contribution in [0.2, 0.25) is 0 Å². The molecule has 0 saturated carbocycles. The van der Waals surface area contributed by atoms with Crippen LogP contribution in [0.15, 0.2) is 0 Å². The van der Waals surface area contributed by atoms with Gasteiger partial charge in [-0.3, -0.25) is 4.90 Å². The summed E-state index contributed by atoms with van der Waals surface area (Å²) in [6.07, 6.45) is 1.23. The van der Waals surface area contributed by atoms with E-state index in [2.05, 4.69) is 67.2 Å². The van der Waals surface area contributed by atoms with Gasteiger partial charge < -0.3 is 0 Å². The molecule has 0 aliphatic rings. The molecule has 0 amide bonds. The Labute approximate surface area is 97.2 Å². The van der Waals surface area contributed by atoms with Crippen LogP contribution in [-0.2, 0) is 0 Å². The lowest BCUT2D eigenvalue weighted by Gasteiger charge is -2.49. The van der Waals surface area contributed by atoms with Crippen LogP contribution < -0.4 is 0 Å². The highest BCUT2D eigenvalue weighted by Gasteiger charge is 2.36. The molecule has 0 saturated heterocycles. The molecule has 0 rings (SSSR count). The van der Waals surface area contributed by atoms with Gasteiger partial charge in [0.1, 0.15) is 0 Å². The molecule has 15 heavy (non-hydrogen) atoms. The third-order valence-corrected chi connectivity index (χ3v) is 2.82. The zero-order valence-electron chi connectivity index (χ0n) is 12.4. The highest BCUT2D eigenvalue weighted by Crippen LogP contribution is 2.34. The Morgan fingerprint density at radius 2 is 1.20 bits per heavy atom. The molecule has 0 N–H and O–H groups in total. The topological polar surface area (TPSA) is 3.24 Å². The number of nitrogens with zero attached hydrogens (tertiary/aromatic N) is 1. The number of rotatable bonds is 3. The fourth-order valence-corrected chi connectivity index (χ4v) is 3.20. The van der Waals surface area contributed by atoms with Crippen LogP contribution in [0.3, 0.4) is 0 Å². The Morgan fingerprint density at radius 1 is 0.800 bits per heavy atom.